The van der Waals surface area contributed by atoms with Crippen LogP contribution in [0.1, 0.15) is 56.6 Å². The molecule has 3 heteroatoms. The molecule has 1 aliphatic carbocycles. The third-order valence-electron chi connectivity index (χ3n) is 3.31. The second-order valence-corrected chi connectivity index (χ2v) is 5.13. The first-order valence-corrected chi connectivity index (χ1v) is 6.01. The summed E-state index contributed by atoms with van der Waals surface area (Å²) in [7, 11) is 0. The van der Waals surface area contributed by atoms with Crippen molar-refractivity contribution in [2.45, 2.75) is 51.9 Å². The van der Waals surface area contributed by atoms with Crippen molar-refractivity contribution < 1.29 is 51.0 Å². The maximum atomic E-state index is 2.44. The fourth-order valence-electron chi connectivity index (χ4n) is 2.63. The maximum absolute atomic E-state index is 2.44. The molecule has 1 aromatic carbocycles. The van der Waals surface area contributed by atoms with E-state index in [-0.39, 0.29) is 51.0 Å². The van der Waals surface area contributed by atoms with Gasteiger partial charge in [0.2, 0.25) is 0 Å². The second-order valence-electron chi connectivity index (χ2n) is 5.13. The summed E-state index contributed by atoms with van der Waals surface area (Å²) in [6, 6.07) is 7.12. The summed E-state index contributed by atoms with van der Waals surface area (Å²) in [4.78, 5) is 0. The Morgan fingerprint density at radius 2 is 1.82 bits per heavy atom. The van der Waals surface area contributed by atoms with Crippen LogP contribution in [-0.4, -0.2) is 0 Å². The molecule has 1 aliphatic rings. The molecule has 1 saturated carbocycles. The molecular formula is C14H21Cl2Zr. The number of hydrogen-bond donors (Lipinski definition) is 0. The molecule has 0 heterocycles. The van der Waals surface area contributed by atoms with Gasteiger partial charge in [-0.15, -0.1) is 0 Å². The number of hydrogen-bond acceptors (Lipinski definition) is 0. The first-order valence-electron chi connectivity index (χ1n) is 6.01. The summed E-state index contributed by atoms with van der Waals surface area (Å²) in [5.74, 6) is 1.67. The quantitative estimate of drug-likeness (QED) is 0.568. The Morgan fingerprint density at radius 3 is 2.35 bits per heavy atom. The van der Waals surface area contributed by atoms with Gasteiger partial charge in [-0.3, -0.25) is 0 Å². The third kappa shape index (κ3) is 5.99. The smallest absolute Gasteiger partial charge is 1.00 e. The van der Waals surface area contributed by atoms with Gasteiger partial charge in [-0.25, -0.2) is 6.07 Å². The molecule has 1 fully saturated rings. The molecule has 0 aromatic heterocycles. The third-order valence-corrected chi connectivity index (χ3v) is 3.31. The van der Waals surface area contributed by atoms with Gasteiger partial charge in [0.05, 0.1) is 0 Å². The van der Waals surface area contributed by atoms with Gasteiger partial charge in [-0.1, -0.05) is 45.4 Å². The minimum absolute atomic E-state index is 0. The molecule has 1 aromatic rings. The fourth-order valence-corrected chi connectivity index (χ4v) is 2.63. The van der Waals surface area contributed by atoms with Crippen molar-refractivity contribution in [1.29, 1.82) is 0 Å². The zero-order chi connectivity index (χ0) is 9.97. The average molecular weight is 351 g/mol. The van der Waals surface area contributed by atoms with Crippen LogP contribution in [-0.2, 0) is 32.6 Å². The Kier molecular flexibility index (Phi) is 11.5. The molecule has 2 rings (SSSR count). The maximum Gasteiger partial charge on any atom is 3.00 e. The van der Waals surface area contributed by atoms with Crippen molar-refractivity contribution in [3.63, 3.8) is 0 Å². The van der Waals surface area contributed by atoms with Gasteiger partial charge in [0.25, 0.3) is 0 Å². The van der Waals surface area contributed by atoms with E-state index in [1.54, 1.807) is 11.1 Å². The van der Waals surface area contributed by atoms with Crippen LogP contribution in [0.2, 0.25) is 0 Å². The van der Waals surface area contributed by atoms with Crippen LogP contribution < -0.4 is 24.8 Å². The summed E-state index contributed by atoms with van der Waals surface area (Å²) in [5.41, 5.74) is 3.15. The standard InChI is InChI=1S/C14H21.2ClH.Zr/c1-11(2)9-12-7-8-14(10-12)13-5-3-4-6-13;;;/h7-8,10-11,13H,3-6,9H2,1-2H3;2*1H;/q-1;;;+3/p-2. The Morgan fingerprint density at radius 1 is 1.24 bits per heavy atom. The molecule has 0 saturated heterocycles. The summed E-state index contributed by atoms with van der Waals surface area (Å²) >= 11 is 0. The van der Waals surface area contributed by atoms with Crippen LogP contribution in [0.25, 0.3) is 0 Å². The zero-order valence-electron chi connectivity index (χ0n) is 10.7. The molecule has 0 spiro atoms. The normalized spacial score (nSPS) is 15.0. The largest absolute Gasteiger partial charge is 3.00 e. The van der Waals surface area contributed by atoms with Gasteiger partial charge >= 0.3 is 26.2 Å². The van der Waals surface area contributed by atoms with E-state index in [4.69, 9.17) is 0 Å². The van der Waals surface area contributed by atoms with E-state index in [2.05, 4.69) is 32.0 Å². The Labute approximate surface area is 137 Å². The fraction of sp³-hybridized carbons (Fsp3) is 0.643. The van der Waals surface area contributed by atoms with Crippen molar-refractivity contribution >= 4 is 0 Å². The van der Waals surface area contributed by atoms with Crippen molar-refractivity contribution in [1.82, 2.24) is 0 Å². The van der Waals surface area contributed by atoms with E-state index >= 15 is 0 Å². The molecule has 0 aliphatic heterocycles. The second kappa shape index (κ2) is 9.71. The van der Waals surface area contributed by atoms with Crippen molar-refractivity contribution in [2.24, 2.45) is 5.92 Å². The van der Waals surface area contributed by atoms with Crippen molar-refractivity contribution in [3.05, 3.63) is 29.3 Å². The Bertz CT molecular complexity index is 288. The first-order chi connectivity index (χ1) is 6.75. The topological polar surface area (TPSA) is 0 Å². The predicted molar refractivity (Wildman–Crippen MR) is 61.8 cm³/mol. The van der Waals surface area contributed by atoms with Crippen LogP contribution in [0.5, 0.6) is 0 Å². The van der Waals surface area contributed by atoms with Crippen LogP contribution in [0.15, 0.2) is 18.2 Å². The molecular weight excluding hydrogens is 330 g/mol. The first kappa shape index (κ1) is 20.1. The Balaban J connectivity index is 0. The van der Waals surface area contributed by atoms with Gasteiger partial charge in [0.15, 0.2) is 0 Å². The summed E-state index contributed by atoms with van der Waals surface area (Å²) < 4.78 is 0. The van der Waals surface area contributed by atoms with E-state index in [9.17, 15) is 0 Å². The van der Waals surface area contributed by atoms with Gasteiger partial charge in [0.1, 0.15) is 0 Å². The van der Waals surface area contributed by atoms with Crippen LogP contribution in [0, 0.1) is 5.92 Å². The molecule has 0 bridgehead atoms. The summed E-state index contributed by atoms with van der Waals surface area (Å²) in [5, 5.41) is 0. The molecule has 0 nitrogen and oxygen atoms in total. The van der Waals surface area contributed by atoms with E-state index in [1.807, 2.05) is 0 Å². The molecule has 17 heavy (non-hydrogen) atoms. The minimum atomic E-state index is 0. The predicted octanol–water partition coefficient (Wildman–Crippen LogP) is -1.73. The van der Waals surface area contributed by atoms with Gasteiger partial charge in [-0.05, 0) is 12.3 Å². The number of halogens is 2. The molecule has 0 N–H and O–H groups in total. The van der Waals surface area contributed by atoms with E-state index < -0.39 is 0 Å². The molecule has 95 valence electrons. The van der Waals surface area contributed by atoms with Crippen LogP contribution >= 0.6 is 0 Å². The van der Waals surface area contributed by atoms with Gasteiger partial charge in [-0.2, -0.15) is 23.3 Å². The number of rotatable bonds is 3. The van der Waals surface area contributed by atoms with Crippen molar-refractivity contribution in [2.75, 3.05) is 0 Å². The zero-order valence-corrected chi connectivity index (χ0v) is 14.6. The molecule has 0 unspecified atom stereocenters. The average Bonchev–Trinajstić information content (AvgIpc) is 2.69. The molecule has 0 amide bonds. The van der Waals surface area contributed by atoms with Crippen LogP contribution in [0.4, 0.5) is 0 Å². The van der Waals surface area contributed by atoms with E-state index in [0.717, 1.165) is 11.8 Å². The van der Waals surface area contributed by atoms with E-state index in [0.29, 0.717) is 0 Å². The monoisotopic (exact) mass is 349 g/mol. The minimum Gasteiger partial charge on any atom is -1.00 e. The summed E-state index contributed by atoms with van der Waals surface area (Å²) in [6.45, 7) is 4.59. The molecule has 1 radical (unpaired) electrons. The van der Waals surface area contributed by atoms with Gasteiger partial charge in [0, 0.05) is 0 Å². The SMILES string of the molecule is CC(C)Cc1cc(C2CCCC2)c[cH-]1.[Cl-].[Cl-].[Zr+3]. The Hall–Kier alpha value is 0.813. The van der Waals surface area contributed by atoms with Gasteiger partial charge < -0.3 is 24.8 Å². The van der Waals surface area contributed by atoms with Crippen LogP contribution in [0.3, 0.4) is 0 Å². The summed E-state index contributed by atoms with van der Waals surface area (Å²) in [6.07, 6.45) is 6.97. The van der Waals surface area contributed by atoms with Crippen molar-refractivity contribution in [3.8, 4) is 0 Å². The van der Waals surface area contributed by atoms with E-state index in [1.165, 1.54) is 32.1 Å². The molecule has 0 atom stereocenters.